The predicted molar refractivity (Wildman–Crippen MR) is 77.4 cm³/mol. The van der Waals surface area contributed by atoms with Crippen LogP contribution in [0.3, 0.4) is 0 Å². The lowest BCUT2D eigenvalue weighted by Crippen LogP contribution is -2.12. The standard InChI is InChI=1S/C13H14ClF3N2OS/c1-8(11(20)4-5-19(2)3)21-12-10(14)6-9(7-18-12)13(15,16)17/h4-8H,1-3H3. The highest BCUT2D eigenvalue weighted by Crippen LogP contribution is 2.35. The van der Waals surface area contributed by atoms with Crippen molar-refractivity contribution in [2.45, 2.75) is 23.4 Å². The summed E-state index contributed by atoms with van der Waals surface area (Å²) >= 11 is 6.81. The molecule has 0 aliphatic carbocycles. The molecule has 0 aromatic carbocycles. The zero-order valence-electron chi connectivity index (χ0n) is 11.6. The Morgan fingerprint density at radius 1 is 1.48 bits per heavy atom. The largest absolute Gasteiger partial charge is 0.417 e. The molecule has 1 heterocycles. The van der Waals surface area contributed by atoms with Gasteiger partial charge in [0.2, 0.25) is 0 Å². The minimum Gasteiger partial charge on any atom is -0.383 e. The second-order valence-corrected chi connectivity index (χ2v) is 6.19. The van der Waals surface area contributed by atoms with E-state index >= 15 is 0 Å². The number of halogens is 4. The highest BCUT2D eigenvalue weighted by atomic mass is 35.5. The van der Waals surface area contributed by atoms with Crippen LogP contribution in [0.15, 0.2) is 29.6 Å². The third kappa shape index (κ3) is 5.59. The molecule has 0 amide bonds. The SMILES string of the molecule is CC(Sc1ncc(C(F)(F)F)cc1Cl)C(=O)C=CN(C)C. The molecule has 0 radical (unpaired) electrons. The van der Waals surface area contributed by atoms with E-state index in [1.807, 2.05) is 0 Å². The summed E-state index contributed by atoms with van der Waals surface area (Å²) in [5, 5.41) is -0.419. The average molecular weight is 339 g/mol. The van der Waals surface area contributed by atoms with Crippen molar-refractivity contribution in [2.75, 3.05) is 14.1 Å². The van der Waals surface area contributed by atoms with Gasteiger partial charge in [-0.15, -0.1) is 0 Å². The Bertz CT molecular complexity index is 547. The Labute approximate surface area is 130 Å². The van der Waals surface area contributed by atoms with E-state index in [4.69, 9.17) is 11.6 Å². The highest BCUT2D eigenvalue weighted by Gasteiger charge is 2.31. The topological polar surface area (TPSA) is 33.2 Å². The molecule has 1 rings (SSSR count). The maximum Gasteiger partial charge on any atom is 0.417 e. The van der Waals surface area contributed by atoms with E-state index in [0.717, 1.165) is 17.8 Å². The molecular formula is C13H14ClF3N2OS. The maximum atomic E-state index is 12.5. The minimum absolute atomic E-state index is 0.119. The summed E-state index contributed by atoms with van der Waals surface area (Å²) in [5.74, 6) is -0.175. The maximum absolute atomic E-state index is 12.5. The van der Waals surface area contributed by atoms with Crippen LogP contribution in [0.25, 0.3) is 0 Å². The third-order valence-electron chi connectivity index (χ3n) is 2.36. The lowest BCUT2D eigenvalue weighted by Gasteiger charge is -2.11. The first-order valence-corrected chi connectivity index (χ1v) is 7.15. The van der Waals surface area contributed by atoms with Gasteiger partial charge in [0, 0.05) is 26.5 Å². The molecule has 8 heteroatoms. The van der Waals surface area contributed by atoms with Gasteiger partial charge in [-0.05, 0) is 19.1 Å². The van der Waals surface area contributed by atoms with E-state index in [0.29, 0.717) is 6.20 Å². The number of hydrogen-bond acceptors (Lipinski definition) is 4. The van der Waals surface area contributed by atoms with Crippen LogP contribution in [0.4, 0.5) is 13.2 Å². The number of ketones is 1. The van der Waals surface area contributed by atoms with E-state index in [1.165, 1.54) is 6.08 Å². The third-order valence-corrected chi connectivity index (χ3v) is 3.90. The molecule has 0 aliphatic rings. The molecule has 0 spiro atoms. The van der Waals surface area contributed by atoms with Crippen LogP contribution in [-0.2, 0) is 11.0 Å². The van der Waals surface area contributed by atoms with Crippen molar-refractivity contribution in [1.82, 2.24) is 9.88 Å². The van der Waals surface area contributed by atoms with Crippen molar-refractivity contribution in [2.24, 2.45) is 0 Å². The van der Waals surface area contributed by atoms with Crippen LogP contribution in [-0.4, -0.2) is 35.0 Å². The van der Waals surface area contributed by atoms with E-state index in [2.05, 4.69) is 4.98 Å². The number of pyridine rings is 1. The zero-order chi connectivity index (χ0) is 16.2. The van der Waals surface area contributed by atoms with E-state index in [-0.39, 0.29) is 15.8 Å². The second kappa shape index (κ2) is 7.17. The summed E-state index contributed by atoms with van der Waals surface area (Å²) in [5.41, 5.74) is -0.914. The van der Waals surface area contributed by atoms with Gasteiger partial charge in [-0.3, -0.25) is 4.79 Å². The van der Waals surface area contributed by atoms with Crippen LogP contribution in [0.1, 0.15) is 12.5 Å². The number of rotatable bonds is 5. The lowest BCUT2D eigenvalue weighted by atomic mass is 10.3. The zero-order valence-corrected chi connectivity index (χ0v) is 13.2. The number of aromatic nitrogens is 1. The molecule has 1 aromatic heterocycles. The fourth-order valence-electron chi connectivity index (χ4n) is 1.25. The molecule has 1 atom stereocenters. The molecule has 21 heavy (non-hydrogen) atoms. The van der Waals surface area contributed by atoms with E-state index < -0.39 is 17.0 Å². The van der Waals surface area contributed by atoms with Crippen molar-refractivity contribution < 1.29 is 18.0 Å². The van der Waals surface area contributed by atoms with Gasteiger partial charge in [0.15, 0.2) is 5.78 Å². The molecule has 0 N–H and O–H groups in total. The van der Waals surface area contributed by atoms with E-state index in [1.54, 1.807) is 32.1 Å². The Morgan fingerprint density at radius 2 is 2.10 bits per heavy atom. The van der Waals surface area contributed by atoms with Crippen molar-refractivity contribution in [3.8, 4) is 0 Å². The molecule has 3 nitrogen and oxygen atoms in total. The quantitative estimate of drug-likeness (QED) is 0.602. The molecule has 0 bridgehead atoms. The van der Waals surface area contributed by atoms with Gasteiger partial charge in [0.25, 0.3) is 0 Å². The number of hydrogen-bond donors (Lipinski definition) is 0. The van der Waals surface area contributed by atoms with Crippen molar-refractivity contribution in [3.63, 3.8) is 0 Å². The van der Waals surface area contributed by atoms with Crippen LogP contribution >= 0.6 is 23.4 Å². The smallest absolute Gasteiger partial charge is 0.383 e. The molecule has 1 unspecified atom stereocenters. The van der Waals surface area contributed by atoms with Gasteiger partial charge in [0.1, 0.15) is 5.03 Å². The summed E-state index contributed by atoms with van der Waals surface area (Å²) in [6.45, 7) is 1.64. The summed E-state index contributed by atoms with van der Waals surface area (Å²) in [6, 6.07) is 0.809. The molecular weight excluding hydrogens is 325 g/mol. The van der Waals surface area contributed by atoms with Gasteiger partial charge in [-0.2, -0.15) is 13.2 Å². The highest BCUT2D eigenvalue weighted by molar-refractivity contribution is 8.00. The Morgan fingerprint density at radius 3 is 2.57 bits per heavy atom. The molecule has 0 saturated carbocycles. The van der Waals surface area contributed by atoms with Crippen LogP contribution in [0, 0.1) is 0 Å². The summed E-state index contributed by atoms with van der Waals surface area (Å²) < 4.78 is 37.5. The second-order valence-electron chi connectivity index (χ2n) is 4.45. The fourth-order valence-corrected chi connectivity index (χ4v) is 2.37. The van der Waals surface area contributed by atoms with Gasteiger partial charge in [-0.1, -0.05) is 23.4 Å². The van der Waals surface area contributed by atoms with Crippen molar-refractivity contribution in [3.05, 3.63) is 35.1 Å². The van der Waals surface area contributed by atoms with Gasteiger partial charge < -0.3 is 4.90 Å². The summed E-state index contributed by atoms with van der Waals surface area (Å²) in [7, 11) is 3.55. The lowest BCUT2D eigenvalue weighted by molar-refractivity contribution is -0.137. The molecule has 1 aromatic rings. The Balaban J connectivity index is 2.82. The predicted octanol–water partition coefficient (Wildman–Crippen LogP) is 3.88. The monoisotopic (exact) mass is 338 g/mol. The summed E-state index contributed by atoms with van der Waals surface area (Å²) in [4.78, 5) is 17.2. The van der Waals surface area contributed by atoms with E-state index in [9.17, 15) is 18.0 Å². The average Bonchev–Trinajstić information content (AvgIpc) is 2.36. The number of carbonyl (C=O) groups is 1. The number of carbonyl (C=O) groups excluding carboxylic acids is 1. The molecule has 0 aliphatic heterocycles. The van der Waals surface area contributed by atoms with Crippen molar-refractivity contribution >= 4 is 29.1 Å². The Kier molecular flexibility index (Phi) is 6.10. The van der Waals surface area contributed by atoms with Gasteiger partial charge in [-0.25, -0.2) is 4.98 Å². The van der Waals surface area contributed by atoms with Gasteiger partial charge in [0.05, 0.1) is 15.8 Å². The first kappa shape index (κ1) is 17.8. The van der Waals surface area contributed by atoms with Crippen molar-refractivity contribution in [1.29, 1.82) is 0 Å². The minimum atomic E-state index is -4.49. The van der Waals surface area contributed by atoms with Crippen LogP contribution < -0.4 is 0 Å². The number of allylic oxidation sites excluding steroid dienone is 1. The fraction of sp³-hybridized carbons (Fsp3) is 0.385. The first-order chi connectivity index (χ1) is 9.61. The first-order valence-electron chi connectivity index (χ1n) is 5.89. The number of nitrogens with zero attached hydrogens (tertiary/aromatic N) is 2. The summed E-state index contributed by atoms with van der Waals surface area (Å²) in [6.07, 6.45) is -0.784. The van der Waals surface area contributed by atoms with Gasteiger partial charge >= 0.3 is 6.18 Å². The number of alkyl halides is 3. The number of thioether (sulfide) groups is 1. The molecule has 0 saturated heterocycles. The molecule has 116 valence electrons. The Hall–Kier alpha value is -1.21. The van der Waals surface area contributed by atoms with Crippen LogP contribution in [0.2, 0.25) is 5.02 Å². The molecule has 0 fully saturated rings. The van der Waals surface area contributed by atoms with Crippen LogP contribution in [0.5, 0.6) is 0 Å². The normalized spacial score (nSPS) is 13.5.